The van der Waals surface area contributed by atoms with Crippen LogP contribution in [-0.4, -0.2) is 108 Å². The maximum atomic E-state index is 13.5. The zero-order chi connectivity index (χ0) is 39.7. The number of likely N-dealkylation sites (N-methyl/N-ethyl adjacent to an activating group) is 2. The van der Waals surface area contributed by atoms with Crippen LogP contribution in [-0.2, 0) is 35.3 Å². The van der Waals surface area contributed by atoms with Crippen LogP contribution in [0.4, 0.5) is 15.3 Å². The molecule has 0 aromatic heterocycles. The number of unbranched alkanes of at least 4 members (excludes halogenated alkanes) is 2. The molecule has 53 heavy (non-hydrogen) atoms. The van der Waals surface area contributed by atoms with E-state index in [1.807, 2.05) is 20.9 Å². The van der Waals surface area contributed by atoms with Crippen LogP contribution < -0.4 is 21.7 Å². The van der Waals surface area contributed by atoms with E-state index < -0.39 is 24.1 Å². The quantitative estimate of drug-likeness (QED) is 0.101. The number of hydrogen-bond acceptors (Lipinski definition) is 9. The van der Waals surface area contributed by atoms with E-state index >= 15 is 0 Å². The molecule has 2 atom stereocenters. The second-order valence-electron chi connectivity index (χ2n) is 15.1. The van der Waals surface area contributed by atoms with Crippen LogP contribution >= 0.6 is 0 Å². The van der Waals surface area contributed by atoms with E-state index in [2.05, 4.69) is 41.6 Å². The maximum Gasteiger partial charge on any atom is 0.409 e. The van der Waals surface area contributed by atoms with Crippen molar-refractivity contribution in [1.82, 2.24) is 25.3 Å². The third kappa shape index (κ3) is 16.4. The molecule has 5 N–H and O–H groups in total. The van der Waals surface area contributed by atoms with Crippen molar-refractivity contribution in [2.75, 3.05) is 45.6 Å². The van der Waals surface area contributed by atoms with Gasteiger partial charge in [-0.05, 0) is 77.1 Å². The van der Waals surface area contributed by atoms with Gasteiger partial charge in [0, 0.05) is 76.1 Å². The highest BCUT2D eigenvalue weighted by Crippen LogP contribution is 2.20. The summed E-state index contributed by atoms with van der Waals surface area (Å²) in [4.78, 5) is 92.0. The van der Waals surface area contributed by atoms with Gasteiger partial charge in [-0.15, -0.1) is 0 Å². The van der Waals surface area contributed by atoms with E-state index in [0.717, 1.165) is 5.56 Å². The number of nitrogens with one attached hydrogen (secondary N) is 3. The topological polar surface area (TPSA) is 201 Å². The Morgan fingerprint density at radius 1 is 0.925 bits per heavy atom. The highest BCUT2D eigenvalue weighted by Gasteiger charge is 2.30. The van der Waals surface area contributed by atoms with Crippen LogP contribution in [0.3, 0.4) is 0 Å². The average molecular weight is 744 g/mol. The monoisotopic (exact) mass is 743 g/mol. The molecule has 0 aliphatic carbocycles. The van der Waals surface area contributed by atoms with E-state index in [1.54, 1.807) is 31.3 Å². The predicted molar refractivity (Wildman–Crippen MR) is 201 cm³/mol. The van der Waals surface area contributed by atoms with Crippen LogP contribution in [0.5, 0.6) is 0 Å². The number of urea groups is 1. The highest BCUT2D eigenvalue weighted by atomic mass is 16.6. The number of amides is 7. The van der Waals surface area contributed by atoms with E-state index in [4.69, 9.17) is 10.5 Å². The highest BCUT2D eigenvalue weighted by molar-refractivity contribution is 6.02. The summed E-state index contributed by atoms with van der Waals surface area (Å²) in [5.41, 5.74) is 6.39. The standard InChI is InChI=1S/C38H61N7O8/c1-26(2)34(42-31(47)13-9-8-10-21-45-32(48)18-19-33(45)49)30(46)24-28(12-11-20-40-36(39)51)35(50)41-29-16-14-27(15-17-29)25-53-37(52)43(6)22-23-44(7)38(3,4)5/h14-17,26,28,34H,8-13,18-25H2,1-7H3,(H,41,50)(H,42,47)(H3,39,40,51)/t28-,34+/m1/s1. The van der Waals surface area contributed by atoms with Gasteiger partial charge in [-0.2, -0.15) is 0 Å². The number of primary amides is 1. The van der Waals surface area contributed by atoms with Crippen molar-refractivity contribution < 1.29 is 38.3 Å². The van der Waals surface area contributed by atoms with E-state index in [0.29, 0.717) is 51.0 Å². The molecular weight excluding hydrogens is 682 g/mol. The minimum Gasteiger partial charge on any atom is -0.445 e. The van der Waals surface area contributed by atoms with Gasteiger partial charge in [-0.1, -0.05) is 32.4 Å². The van der Waals surface area contributed by atoms with Gasteiger partial charge in [0.2, 0.25) is 23.6 Å². The summed E-state index contributed by atoms with van der Waals surface area (Å²) >= 11 is 0. The molecule has 1 fully saturated rings. The van der Waals surface area contributed by atoms with Crippen LogP contribution in [0.25, 0.3) is 0 Å². The summed E-state index contributed by atoms with van der Waals surface area (Å²) in [6, 6.07) is 5.37. The molecule has 0 saturated carbocycles. The molecule has 0 spiro atoms. The van der Waals surface area contributed by atoms with Crippen LogP contribution in [0.1, 0.15) is 98.0 Å². The number of anilines is 1. The lowest BCUT2D eigenvalue weighted by Gasteiger charge is -2.33. The molecule has 0 bridgehead atoms. The van der Waals surface area contributed by atoms with Gasteiger partial charge in [0.25, 0.3) is 0 Å². The number of likely N-dealkylation sites (tertiary alicyclic amines) is 1. The lowest BCUT2D eigenvalue weighted by molar-refractivity contribution is -0.138. The third-order valence-electron chi connectivity index (χ3n) is 9.43. The first-order chi connectivity index (χ1) is 24.9. The zero-order valence-electron chi connectivity index (χ0n) is 32.6. The molecule has 0 unspecified atom stereocenters. The van der Waals surface area contributed by atoms with Crippen molar-refractivity contribution in [3.63, 3.8) is 0 Å². The second-order valence-corrected chi connectivity index (χ2v) is 15.1. The smallest absolute Gasteiger partial charge is 0.409 e. The Balaban J connectivity index is 1.93. The number of ketones is 1. The molecule has 1 aliphatic heterocycles. The zero-order valence-corrected chi connectivity index (χ0v) is 32.6. The Hall–Kier alpha value is -4.53. The largest absolute Gasteiger partial charge is 0.445 e. The number of imide groups is 1. The lowest BCUT2D eigenvalue weighted by Crippen LogP contribution is -2.45. The fourth-order valence-electron chi connectivity index (χ4n) is 5.64. The summed E-state index contributed by atoms with van der Waals surface area (Å²) in [5.74, 6) is -2.26. The van der Waals surface area contributed by atoms with Crippen molar-refractivity contribution in [3.05, 3.63) is 29.8 Å². The van der Waals surface area contributed by atoms with Crippen molar-refractivity contribution in [1.29, 1.82) is 0 Å². The van der Waals surface area contributed by atoms with Crippen LogP contribution in [0, 0.1) is 11.8 Å². The molecule has 2 rings (SSSR count). The molecule has 7 amide bonds. The van der Waals surface area contributed by atoms with Gasteiger partial charge in [0.15, 0.2) is 5.78 Å². The number of carbonyl (C=O) groups is 7. The molecule has 1 aromatic carbocycles. The summed E-state index contributed by atoms with van der Waals surface area (Å²) in [6.07, 6.45) is 2.57. The van der Waals surface area contributed by atoms with Crippen molar-refractivity contribution in [3.8, 4) is 0 Å². The van der Waals surface area contributed by atoms with Gasteiger partial charge in [0.05, 0.1) is 6.04 Å². The molecule has 1 aliphatic rings. The van der Waals surface area contributed by atoms with Gasteiger partial charge in [0.1, 0.15) is 6.61 Å². The first kappa shape index (κ1) is 44.6. The molecule has 0 radical (unpaired) electrons. The molecule has 296 valence electrons. The summed E-state index contributed by atoms with van der Waals surface area (Å²) in [5, 5.41) is 8.20. The van der Waals surface area contributed by atoms with Crippen molar-refractivity contribution in [2.24, 2.45) is 17.6 Å². The Morgan fingerprint density at radius 3 is 2.15 bits per heavy atom. The summed E-state index contributed by atoms with van der Waals surface area (Å²) in [7, 11) is 3.69. The maximum absolute atomic E-state index is 13.5. The Labute approximate surface area is 314 Å². The number of Topliss-reactive ketones (excluding diaryl/α,β-unsaturated/α-hetero) is 1. The second kappa shape index (κ2) is 21.9. The first-order valence-electron chi connectivity index (χ1n) is 18.6. The Morgan fingerprint density at radius 2 is 1.57 bits per heavy atom. The fraction of sp³-hybridized carbons (Fsp3) is 0.658. The Bertz CT molecular complexity index is 1390. The normalized spacial score (nSPS) is 14.2. The average Bonchev–Trinajstić information content (AvgIpc) is 3.41. The van der Waals surface area contributed by atoms with Crippen molar-refractivity contribution in [2.45, 2.75) is 111 Å². The number of benzene rings is 1. The van der Waals surface area contributed by atoms with Gasteiger partial charge in [-0.25, -0.2) is 9.59 Å². The number of carbonyl (C=O) groups excluding carboxylic acids is 7. The minimum absolute atomic E-state index is 0.0155. The first-order valence-corrected chi connectivity index (χ1v) is 18.6. The van der Waals surface area contributed by atoms with E-state index in [9.17, 15) is 33.6 Å². The molecule has 1 heterocycles. The SMILES string of the molecule is CC(C)[C@H](NC(=O)CCCCCN1C(=O)CCC1=O)C(=O)C[C@@H](CCCNC(N)=O)C(=O)Nc1ccc(COC(=O)N(C)CCN(C)C(C)(C)C)cc1. The van der Waals surface area contributed by atoms with E-state index in [-0.39, 0.29) is 86.1 Å². The number of hydrogen-bond donors (Lipinski definition) is 4. The predicted octanol–water partition coefficient (Wildman–Crippen LogP) is 3.80. The summed E-state index contributed by atoms with van der Waals surface area (Å²) in [6.45, 7) is 11.8. The molecule has 1 aromatic rings. The lowest BCUT2D eigenvalue weighted by atomic mass is 9.89. The molecule has 15 heteroatoms. The molecule has 1 saturated heterocycles. The van der Waals surface area contributed by atoms with Gasteiger partial charge >= 0.3 is 12.1 Å². The fourth-order valence-corrected chi connectivity index (χ4v) is 5.64. The number of ether oxygens (including phenoxy) is 1. The number of rotatable bonds is 22. The molecule has 15 nitrogen and oxygen atoms in total. The Kier molecular flexibility index (Phi) is 18.4. The van der Waals surface area contributed by atoms with Gasteiger partial charge in [-0.3, -0.25) is 33.8 Å². The third-order valence-corrected chi connectivity index (χ3v) is 9.43. The number of nitrogens with zero attached hydrogens (tertiary/aromatic N) is 3. The van der Waals surface area contributed by atoms with Crippen LogP contribution in [0.15, 0.2) is 24.3 Å². The minimum atomic E-state index is -0.804. The van der Waals surface area contributed by atoms with Crippen molar-refractivity contribution >= 4 is 47.2 Å². The van der Waals surface area contributed by atoms with Gasteiger partial charge < -0.3 is 31.3 Å². The number of nitrogens with two attached hydrogens (primary N) is 1. The van der Waals surface area contributed by atoms with Crippen LogP contribution in [0.2, 0.25) is 0 Å². The summed E-state index contributed by atoms with van der Waals surface area (Å²) < 4.78 is 5.46. The van der Waals surface area contributed by atoms with E-state index in [1.165, 1.54) is 9.80 Å². The molecular formula is C38H61N7O8.